The number of rotatable bonds is 4. The van der Waals surface area contributed by atoms with Gasteiger partial charge in [-0.15, -0.1) is 0 Å². The molecular formula is C8H9BClFO4. The minimum Gasteiger partial charge on any atom is -0.464 e. The van der Waals surface area contributed by atoms with Crippen LogP contribution in [0.5, 0.6) is 5.75 Å². The molecule has 0 saturated carbocycles. The molecule has 0 fully saturated rings. The molecule has 1 rings (SSSR count). The van der Waals surface area contributed by atoms with Gasteiger partial charge in [-0.2, -0.15) is 0 Å². The Balaban J connectivity index is 2.97. The van der Waals surface area contributed by atoms with Gasteiger partial charge in [-0.1, -0.05) is 11.6 Å². The van der Waals surface area contributed by atoms with E-state index in [1.807, 2.05) is 0 Å². The van der Waals surface area contributed by atoms with E-state index in [1.54, 1.807) is 0 Å². The normalized spacial score (nSPS) is 10.2. The molecule has 0 spiro atoms. The van der Waals surface area contributed by atoms with E-state index < -0.39 is 12.9 Å². The van der Waals surface area contributed by atoms with Crippen LogP contribution < -0.4 is 10.2 Å². The zero-order valence-electron chi connectivity index (χ0n) is 7.91. The third kappa shape index (κ3) is 3.07. The minimum absolute atomic E-state index is 0.0116. The van der Waals surface area contributed by atoms with Crippen molar-refractivity contribution in [2.75, 3.05) is 13.9 Å². The van der Waals surface area contributed by atoms with Crippen LogP contribution in [0.1, 0.15) is 0 Å². The number of benzene rings is 1. The van der Waals surface area contributed by atoms with Crippen molar-refractivity contribution in [3.8, 4) is 5.75 Å². The van der Waals surface area contributed by atoms with Gasteiger partial charge in [0.05, 0.1) is 0 Å². The Kier molecular flexibility index (Phi) is 4.35. The minimum atomic E-state index is -1.82. The van der Waals surface area contributed by atoms with E-state index in [-0.39, 0.29) is 23.0 Å². The second-order valence-electron chi connectivity index (χ2n) is 2.73. The highest BCUT2D eigenvalue weighted by molar-refractivity contribution is 6.62. The lowest BCUT2D eigenvalue weighted by Gasteiger charge is -2.09. The van der Waals surface area contributed by atoms with Crippen molar-refractivity contribution in [2.24, 2.45) is 0 Å². The summed E-state index contributed by atoms with van der Waals surface area (Å²) >= 11 is 5.67. The number of hydrogen-bond donors (Lipinski definition) is 2. The van der Waals surface area contributed by atoms with E-state index in [2.05, 4.69) is 4.74 Å². The second kappa shape index (κ2) is 5.32. The maximum Gasteiger partial charge on any atom is 0.490 e. The molecule has 1 aromatic carbocycles. The van der Waals surface area contributed by atoms with Gasteiger partial charge >= 0.3 is 7.12 Å². The molecule has 0 aliphatic carbocycles. The largest absolute Gasteiger partial charge is 0.490 e. The molecule has 4 nitrogen and oxygen atoms in total. The number of methoxy groups -OCH3 is 1. The van der Waals surface area contributed by atoms with Crippen LogP contribution in [-0.2, 0) is 4.74 Å². The first kappa shape index (κ1) is 12.3. The van der Waals surface area contributed by atoms with Crippen LogP contribution >= 0.6 is 11.6 Å². The van der Waals surface area contributed by atoms with Gasteiger partial charge in [0, 0.05) is 23.7 Å². The van der Waals surface area contributed by atoms with Gasteiger partial charge in [0.25, 0.3) is 0 Å². The monoisotopic (exact) mass is 234 g/mol. The molecule has 0 saturated heterocycles. The van der Waals surface area contributed by atoms with E-state index in [4.69, 9.17) is 26.4 Å². The molecule has 0 aliphatic heterocycles. The Hall–Kier alpha value is -0.815. The van der Waals surface area contributed by atoms with Crippen LogP contribution in [0, 0.1) is 5.82 Å². The van der Waals surface area contributed by atoms with Crippen LogP contribution in [-0.4, -0.2) is 31.1 Å². The first-order valence-corrected chi connectivity index (χ1v) is 4.41. The van der Waals surface area contributed by atoms with Crippen molar-refractivity contribution in [2.45, 2.75) is 0 Å². The molecule has 0 bridgehead atoms. The lowest BCUT2D eigenvalue weighted by Crippen LogP contribution is -2.31. The lowest BCUT2D eigenvalue weighted by molar-refractivity contribution is 0.0483. The molecule has 15 heavy (non-hydrogen) atoms. The van der Waals surface area contributed by atoms with Crippen molar-refractivity contribution in [1.29, 1.82) is 0 Å². The van der Waals surface area contributed by atoms with Crippen molar-refractivity contribution >= 4 is 24.2 Å². The van der Waals surface area contributed by atoms with Gasteiger partial charge in [-0.05, 0) is 6.07 Å². The fourth-order valence-corrected chi connectivity index (χ4v) is 1.23. The van der Waals surface area contributed by atoms with Gasteiger partial charge < -0.3 is 19.5 Å². The summed E-state index contributed by atoms with van der Waals surface area (Å²) < 4.78 is 22.7. The maximum absolute atomic E-state index is 13.3. The Labute approximate surface area is 91.3 Å². The summed E-state index contributed by atoms with van der Waals surface area (Å²) in [5.41, 5.74) is -0.112. The highest BCUT2D eigenvalue weighted by Crippen LogP contribution is 2.20. The Morgan fingerprint density at radius 2 is 2.13 bits per heavy atom. The highest BCUT2D eigenvalue weighted by atomic mass is 35.5. The van der Waals surface area contributed by atoms with E-state index >= 15 is 0 Å². The Bertz CT molecular complexity index is 348. The highest BCUT2D eigenvalue weighted by Gasteiger charge is 2.18. The first-order chi connectivity index (χ1) is 7.06. The zero-order valence-corrected chi connectivity index (χ0v) is 8.66. The van der Waals surface area contributed by atoms with Crippen molar-refractivity contribution < 1.29 is 23.9 Å². The molecule has 0 aliphatic rings. The van der Waals surface area contributed by atoms with Crippen molar-refractivity contribution in [3.63, 3.8) is 0 Å². The van der Waals surface area contributed by atoms with Crippen molar-refractivity contribution in [3.05, 3.63) is 23.0 Å². The van der Waals surface area contributed by atoms with E-state index in [9.17, 15) is 4.39 Å². The summed E-state index contributed by atoms with van der Waals surface area (Å²) in [6.07, 6.45) is 0. The van der Waals surface area contributed by atoms with Gasteiger partial charge in [-0.25, -0.2) is 4.39 Å². The zero-order chi connectivity index (χ0) is 11.4. The van der Waals surface area contributed by atoms with Gasteiger partial charge in [-0.3, -0.25) is 0 Å². The lowest BCUT2D eigenvalue weighted by atomic mass is 9.80. The van der Waals surface area contributed by atoms with Gasteiger partial charge in [0.2, 0.25) is 0 Å². The molecule has 0 aromatic heterocycles. The number of hydrogen-bond acceptors (Lipinski definition) is 4. The fourth-order valence-electron chi connectivity index (χ4n) is 0.975. The van der Waals surface area contributed by atoms with Gasteiger partial charge in [0.1, 0.15) is 0 Å². The van der Waals surface area contributed by atoms with Crippen LogP contribution in [0.4, 0.5) is 4.39 Å². The molecule has 1 aromatic rings. The van der Waals surface area contributed by atoms with Crippen LogP contribution in [0.15, 0.2) is 12.1 Å². The maximum atomic E-state index is 13.3. The summed E-state index contributed by atoms with van der Waals surface area (Å²) in [7, 11) is -0.422. The number of halogens is 2. The van der Waals surface area contributed by atoms with Crippen LogP contribution in [0.3, 0.4) is 0 Å². The Morgan fingerprint density at radius 1 is 1.47 bits per heavy atom. The topological polar surface area (TPSA) is 58.9 Å². The van der Waals surface area contributed by atoms with E-state index in [1.165, 1.54) is 7.11 Å². The first-order valence-electron chi connectivity index (χ1n) is 4.03. The van der Waals surface area contributed by atoms with Crippen LogP contribution in [0.2, 0.25) is 5.02 Å². The molecule has 2 N–H and O–H groups in total. The SMILES string of the molecule is COCOc1cc(Cl)c(B(O)O)cc1F. The summed E-state index contributed by atoms with van der Waals surface area (Å²) in [5.74, 6) is -0.842. The summed E-state index contributed by atoms with van der Waals surface area (Å²) in [6.45, 7) is -0.117. The summed E-state index contributed by atoms with van der Waals surface area (Å²) in [6, 6.07) is 2.06. The average molecular weight is 234 g/mol. The van der Waals surface area contributed by atoms with Crippen molar-refractivity contribution in [1.82, 2.24) is 0 Å². The second-order valence-corrected chi connectivity index (χ2v) is 3.14. The molecular weight excluding hydrogens is 225 g/mol. The molecule has 0 atom stereocenters. The predicted octanol–water partition coefficient (Wildman–Crippen LogP) is 0.142. The van der Waals surface area contributed by atoms with Crippen LogP contribution in [0.25, 0.3) is 0 Å². The van der Waals surface area contributed by atoms with E-state index in [0.29, 0.717) is 0 Å². The average Bonchev–Trinajstić information content (AvgIpc) is 2.18. The fraction of sp³-hybridized carbons (Fsp3) is 0.250. The van der Waals surface area contributed by atoms with Gasteiger partial charge in [0.15, 0.2) is 18.4 Å². The predicted molar refractivity (Wildman–Crippen MR) is 53.7 cm³/mol. The third-order valence-electron chi connectivity index (χ3n) is 1.66. The summed E-state index contributed by atoms with van der Waals surface area (Å²) in [4.78, 5) is 0. The summed E-state index contributed by atoms with van der Waals surface area (Å²) in [5, 5.41) is 17.7. The Morgan fingerprint density at radius 3 is 2.67 bits per heavy atom. The number of ether oxygens (including phenoxy) is 2. The smallest absolute Gasteiger partial charge is 0.464 e. The molecule has 0 unspecified atom stereocenters. The quantitative estimate of drug-likeness (QED) is 0.575. The molecule has 7 heteroatoms. The molecule has 0 heterocycles. The molecule has 82 valence electrons. The molecule has 0 radical (unpaired) electrons. The standard InChI is InChI=1S/C8H9BClFO4/c1-14-4-15-8-3-6(10)5(9(12)13)2-7(8)11/h2-3,12-13H,4H2,1H3. The van der Waals surface area contributed by atoms with E-state index in [0.717, 1.165) is 12.1 Å². The molecule has 0 amide bonds. The third-order valence-corrected chi connectivity index (χ3v) is 1.99.